The summed E-state index contributed by atoms with van der Waals surface area (Å²) in [4.78, 5) is 4.68. The molecule has 3 aliphatic carbocycles. The molecule has 2 fully saturated rings. The first-order valence-corrected chi connectivity index (χ1v) is 9.99. The van der Waals surface area contributed by atoms with Gasteiger partial charge in [0.1, 0.15) is 0 Å². The number of hydrogen-bond acceptors (Lipinski definition) is 5. The van der Waals surface area contributed by atoms with E-state index < -0.39 is 10.4 Å². The maximum atomic E-state index is 10.6. The van der Waals surface area contributed by atoms with Gasteiger partial charge in [0.2, 0.25) is 0 Å². The third kappa shape index (κ3) is 2.89. The molecule has 3 aliphatic rings. The van der Waals surface area contributed by atoms with E-state index in [1.165, 1.54) is 11.1 Å². The predicted molar refractivity (Wildman–Crippen MR) is 90.3 cm³/mol. The number of hydrogen-bond donors (Lipinski definition) is 2. The molecule has 7 heteroatoms. The predicted octanol–water partition coefficient (Wildman–Crippen LogP) is 2.94. The van der Waals surface area contributed by atoms with Crippen molar-refractivity contribution in [2.24, 2.45) is 11.3 Å². The van der Waals surface area contributed by atoms with Gasteiger partial charge in [-0.3, -0.25) is 4.55 Å². The van der Waals surface area contributed by atoms with E-state index in [1.54, 1.807) is 12.1 Å². The van der Waals surface area contributed by atoms with Crippen molar-refractivity contribution in [3.63, 3.8) is 0 Å². The van der Waals surface area contributed by atoms with Crippen LogP contribution in [-0.4, -0.2) is 24.2 Å². The third-order valence-corrected chi connectivity index (χ3v) is 6.57. The quantitative estimate of drug-likeness (QED) is 0.370. The van der Waals surface area contributed by atoms with Crippen LogP contribution in [0.1, 0.15) is 49.7 Å². The Morgan fingerprint density at radius 3 is 2.80 bits per heavy atom. The van der Waals surface area contributed by atoms with Crippen molar-refractivity contribution in [3.8, 4) is 5.75 Å². The summed E-state index contributed by atoms with van der Waals surface area (Å²) in [6.45, 7) is 2.21. The van der Waals surface area contributed by atoms with Gasteiger partial charge < -0.3 is 9.99 Å². The summed E-state index contributed by atoms with van der Waals surface area (Å²) in [5.74, 6) is 1.03. The summed E-state index contributed by atoms with van der Waals surface area (Å²) in [5.41, 5.74) is 3.75. The van der Waals surface area contributed by atoms with Gasteiger partial charge in [0, 0.05) is 11.3 Å². The summed E-state index contributed by atoms with van der Waals surface area (Å²) in [7, 11) is -4.64. The number of rotatable bonds is 3. The van der Waals surface area contributed by atoms with Crippen molar-refractivity contribution in [2.45, 2.75) is 51.0 Å². The van der Waals surface area contributed by atoms with E-state index in [2.05, 4.69) is 22.2 Å². The molecule has 0 aromatic heterocycles. The molecule has 0 amide bonds. The van der Waals surface area contributed by atoms with Gasteiger partial charge in [0.15, 0.2) is 5.75 Å². The van der Waals surface area contributed by atoms with E-state index in [-0.39, 0.29) is 17.3 Å². The maximum Gasteiger partial charge on any atom is 0.432 e. The van der Waals surface area contributed by atoms with Crippen molar-refractivity contribution >= 4 is 10.4 Å². The average Bonchev–Trinajstić information content (AvgIpc) is 2.87. The number of benzene rings is 1. The van der Waals surface area contributed by atoms with Gasteiger partial charge in [-0.05, 0) is 65.6 Å². The highest BCUT2D eigenvalue weighted by Gasteiger charge is 2.51. The molecule has 2 saturated carbocycles. The first-order chi connectivity index (χ1) is 11.8. The second kappa shape index (κ2) is 5.81. The first kappa shape index (κ1) is 17.0. The molecule has 0 radical (unpaired) electrons. The fraction of sp³-hybridized carbons (Fsp3) is 0.556. The molecule has 136 valence electrons. The number of aliphatic hydroxyl groups is 1. The minimum Gasteiger partial charge on any atom is -0.393 e. The Morgan fingerprint density at radius 1 is 1.24 bits per heavy atom. The van der Waals surface area contributed by atoms with Crippen LogP contribution in [0.2, 0.25) is 0 Å². The van der Waals surface area contributed by atoms with Crippen molar-refractivity contribution in [3.05, 3.63) is 41.0 Å². The van der Waals surface area contributed by atoms with E-state index in [9.17, 15) is 13.5 Å². The molecule has 0 aliphatic heterocycles. The van der Waals surface area contributed by atoms with Crippen LogP contribution in [0.3, 0.4) is 0 Å². The average molecular weight is 366 g/mol. The van der Waals surface area contributed by atoms with Crippen LogP contribution in [0, 0.1) is 11.3 Å². The van der Waals surface area contributed by atoms with E-state index in [0.29, 0.717) is 11.8 Å². The second-order valence-electron chi connectivity index (χ2n) is 7.59. The topological polar surface area (TPSA) is 93.1 Å². The summed E-state index contributed by atoms with van der Waals surface area (Å²) in [5, 5.41) is 10.4. The molecule has 25 heavy (non-hydrogen) atoms. The molecule has 6 nitrogen and oxygen atoms in total. The SMILES string of the molecule is C[C@]12CC[C@H]3C(=CCc4cc(OOS(=O)(=O)O)ccc43)[C@@H]1CC[C@H]2O. The van der Waals surface area contributed by atoms with Crippen LogP contribution in [-0.2, 0) is 21.2 Å². The van der Waals surface area contributed by atoms with Crippen LogP contribution >= 0.6 is 0 Å². The lowest BCUT2D eigenvalue weighted by Gasteiger charge is -2.46. The highest BCUT2D eigenvalue weighted by molar-refractivity contribution is 7.80. The molecule has 0 bridgehead atoms. The van der Waals surface area contributed by atoms with E-state index in [0.717, 1.165) is 37.7 Å². The molecule has 4 atom stereocenters. The van der Waals surface area contributed by atoms with Crippen molar-refractivity contribution in [1.29, 1.82) is 0 Å². The largest absolute Gasteiger partial charge is 0.432 e. The summed E-state index contributed by atoms with van der Waals surface area (Å²) < 4.78 is 33.8. The molecule has 4 rings (SSSR count). The maximum absolute atomic E-state index is 10.6. The summed E-state index contributed by atoms with van der Waals surface area (Å²) >= 11 is 0. The van der Waals surface area contributed by atoms with Crippen molar-refractivity contribution < 1.29 is 27.3 Å². The Bertz CT molecular complexity index is 830. The van der Waals surface area contributed by atoms with Gasteiger partial charge in [0.05, 0.1) is 6.10 Å². The van der Waals surface area contributed by atoms with Gasteiger partial charge in [-0.1, -0.05) is 24.6 Å². The second-order valence-corrected chi connectivity index (χ2v) is 8.58. The number of fused-ring (bicyclic) bond motifs is 5. The molecule has 2 N–H and O–H groups in total. The highest BCUT2D eigenvalue weighted by atomic mass is 32.3. The lowest BCUT2D eigenvalue weighted by molar-refractivity contribution is -0.102. The highest BCUT2D eigenvalue weighted by Crippen LogP contribution is 2.59. The summed E-state index contributed by atoms with van der Waals surface area (Å²) in [6.07, 6.45) is 6.72. The number of aliphatic hydroxyl groups excluding tert-OH is 1. The van der Waals surface area contributed by atoms with Crippen LogP contribution < -0.4 is 4.89 Å². The van der Waals surface area contributed by atoms with Gasteiger partial charge in [-0.2, -0.15) is 8.42 Å². The Labute approximate surface area is 147 Å². The fourth-order valence-corrected chi connectivity index (χ4v) is 5.21. The van der Waals surface area contributed by atoms with E-state index >= 15 is 0 Å². The minimum absolute atomic E-state index is 0.00772. The Hall–Kier alpha value is -1.41. The normalized spacial score (nSPS) is 33.9. The van der Waals surface area contributed by atoms with Crippen molar-refractivity contribution in [2.75, 3.05) is 0 Å². The third-order valence-electron chi connectivity index (χ3n) is 6.33. The van der Waals surface area contributed by atoms with Crippen LogP contribution in [0.4, 0.5) is 0 Å². The van der Waals surface area contributed by atoms with Gasteiger partial charge >= 0.3 is 10.4 Å². The van der Waals surface area contributed by atoms with Crippen LogP contribution in [0.15, 0.2) is 29.8 Å². The fourth-order valence-electron chi connectivity index (χ4n) is 5.05. The lowest BCUT2D eigenvalue weighted by Crippen LogP contribution is -2.39. The Balaban J connectivity index is 1.60. The molecule has 1 aromatic carbocycles. The molecule has 0 saturated heterocycles. The lowest BCUT2D eigenvalue weighted by atomic mass is 9.59. The van der Waals surface area contributed by atoms with Crippen LogP contribution in [0.5, 0.6) is 5.75 Å². The van der Waals surface area contributed by atoms with Crippen LogP contribution in [0.25, 0.3) is 0 Å². The van der Waals surface area contributed by atoms with E-state index in [4.69, 9.17) is 4.55 Å². The smallest absolute Gasteiger partial charge is 0.393 e. The molecule has 0 unspecified atom stereocenters. The monoisotopic (exact) mass is 366 g/mol. The zero-order valence-electron chi connectivity index (χ0n) is 14.0. The van der Waals surface area contributed by atoms with Crippen molar-refractivity contribution in [1.82, 2.24) is 0 Å². The zero-order valence-corrected chi connectivity index (χ0v) is 14.8. The molecular formula is C18H22O6S. The number of allylic oxidation sites excluding steroid dienone is 2. The summed E-state index contributed by atoms with van der Waals surface area (Å²) in [6, 6.07) is 5.36. The molecular weight excluding hydrogens is 344 g/mol. The molecule has 1 aromatic rings. The zero-order chi connectivity index (χ0) is 17.8. The van der Waals surface area contributed by atoms with Gasteiger partial charge in [0.25, 0.3) is 0 Å². The standard InChI is InChI=1S/C18H22O6S/c1-18-9-8-14-13-5-3-12(23-24-25(20,21)22)10-11(13)2-4-15(14)16(18)6-7-17(18)19/h3-5,10,14,16-17,19H,2,6-9H2,1H3,(H,20,21,22)/t14-,16+,17-,18+/m1/s1. The molecule has 0 spiro atoms. The first-order valence-electron chi connectivity index (χ1n) is 8.62. The van der Waals surface area contributed by atoms with Gasteiger partial charge in [-0.15, -0.1) is 0 Å². The van der Waals surface area contributed by atoms with Gasteiger partial charge in [-0.25, -0.2) is 0 Å². The Kier molecular flexibility index (Phi) is 3.95. The Morgan fingerprint density at radius 2 is 2.04 bits per heavy atom. The van der Waals surface area contributed by atoms with E-state index in [1.807, 2.05) is 6.07 Å². The minimum atomic E-state index is -4.64. The molecule has 0 heterocycles.